The Bertz CT molecular complexity index is 829. The number of hydrogen-bond acceptors (Lipinski definition) is 4. The molecular formula is C23H29N3O3. The van der Waals surface area contributed by atoms with E-state index in [9.17, 15) is 14.4 Å². The predicted molar refractivity (Wildman–Crippen MR) is 111 cm³/mol. The molecule has 6 heteroatoms. The molecule has 2 heterocycles. The first-order valence-electron chi connectivity index (χ1n) is 10.6. The molecule has 0 spiro atoms. The number of anilines is 1. The van der Waals surface area contributed by atoms with E-state index in [0.717, 1.165) is 13.1 Å². The number of aryl methyl sites for hydroxylation is 1. The number of carbonyl (C=O) groups excluding carboxylic acids is 3. The molecule has 2 atom stereocenters. The fourth-order valence-corrected chi connectivity index (χ4v) is 4.73. The minimum absolute atomic E-state index is 0.0270. The Hall–Kier alpha value is -2.63. The van der Waals surface area contributed by atoms with Gasteiger partial charge in [-0.2, -0.15) is 0 Å². The summed E-state index contributed by atoms with van der Waals surface area (Å²) in [5.74, 6) is -0.611. The molecule has 0 unspecified atom stereocenters. The van der Waals surface area contributed by atoms with Crippen molar-refractivity contribution >= 4 is 23.4 Å². The number of carbonyl (C=O) groups is 3. The molecule has 3 aliphatic rings. The lowest BCUT2D eigenvalue weighted by molar-refractivity contribution is -0.140. The van der Waals surface area contributed by atoms with Crippen LogP contribution in [0.2, 0.25) is 0 Å². The quantitative estimate of drug-likeness (QED) is 0.580. The number of rotatable bonds is 4. The van der Waals surface area contributed by atoms with E-state index in [2.05, 4.69) is 36.9 Å². The van der Waals surface area contributed by atoms with Gasteiger partial charge in [0, 0.05) is 44.8 Å². The zero-order chi connectivity index (χ0) is 20.5. The van der Waals surface area contributed by atoms with Crippen LogP contribution in [0.25, 0.3) is 0 Å². The molecule has 1 aromatic carbocycles. The Morgan fingerprint density at radius 1 is 0.966 bits per heavy atom. The first kappa shape index (κ1) is 19.7. The first-order valence-corrected chi connectivity index (χ1v) is 10.6. The van der Waals surface area contributed by atoms with E-state index in [1.54, 1.807) is 0 Å². The van der Waals surface area contributed by atoms with Crippen molar-refractivity contribution in [3.8, 4) is 0 Å². The lowest BCUT2D eigenvalue weighted by Gasteiger charge is -2.37. The van der Waals surface area contributed by atoms with Crippen molar-refractivity contribution in [2.75, 3.05) is 37.6 Å². The number of piperazine rings is 1. The van der Waals surface area contributed by atoms with Crippen molar-refractivity contribution < 1.29 is 14.4 Å². The van der Waals surface area contributed by atoms with Gasteiger partial charge in [0.15, 0.2) is 0 Å². The summed E-state index contributed by atoms with van der Waals surface area (Å²) in [7, 11) is 0. The molecule has 29 heavy (non-hydrogen) atoms. The van der Waals surface area contributed by atoms with Gasteiger partial charge < -0.3 is 9.80 Å². The summed E-state index contributed by atoms with van der Waals surface area (Å²) in [4.78, 5) is 43.3. The summed E-state index contributed by atoms with van der Waals surface area (Å²) in [6.45, 7) is 7.40. The van der Waals surface area contributed by atoms with Gasteiger partial charge in [-0.25, -0.2) is 0 Å². The van der Waals surface area contributed by atoms with Crippen LogP contribution in [0.5, 0.6) is 0 Å². The maximum atomic E-state index is 12.7. The van der Waals surface area contributed by atoms with Crippen molar-refractivity contribution in [3.63, 3.8) is 0 Å². The number of fused-ring (bicyclic) bond motifs is 1. The van der Waals surface area contributed by atoms with Gasteiger partial charge in [-0.05, 0) is 43.9 Å². The molecule has 0 saturated carbocycles. The van der Waals surface area contributed by atoms with E-state index >= 15 is 0 Å². The second-order valence-corrected chi connectivity index (χ2v) is 8.32. The van der Waals surface area contributed by atoms with Gasteiger partial charge in [-0.1, -0.05) is 24.3 Å². The molecule has 2 fully saturated rings. The lowest BCUT2D eigenvalue weighted by Crippen LogP contribution is -2.49. The van der Waals surface area contributed by atoms with Gasteiger partial charge >= 0.3 is 0 Å². The second kappa shape index (κ2) is 8.01. The highest BCUT2D eigenvalue weighted by molar-refractivity contribution is 6.05. The van der Waals surface area contributed by atoms with Crippen LogP contribution in [0.3, 0.4) is 0 Å². The van der Waals surface area contributed by atoms with Crippen LogP contribution in [0, 0.1) is 25.7 Å². The van der Waals surface area contributed by atoms with E-state index in [-0.39, 0.29) is 42.5 Å². The molecule has 6 nitrogen and oxygen atoms in total. The third-order valence-electron chi connectivity index (χ3n) is 6.70. The van der Waals surface area contributed by atoms with Gasteiger partial charge in [0.05, 0.1) is 11.8 Å². The summed E-state index contributed by atoms with van der Waals surface area (Å²) < 4.78 is 0. The molecule has 154 valence electrons. The highest BCUT2D eigenvalue weighted by atomic mass is 16.2. The Labute approximate surface area is 172 Å². The fourth-order valence-electron chi connectivity index (χ4n) is 4.73. The smallest absolute Gasteiger partial charge is 0.233 e. The van der Waals surface area contributed by atoms with E-state index < -0.39 is 0 Å². The van der Waals surface area contributed by atoms with Crippen molar-refractivity contribution in [2.24, 2.45) is 11.8 Å². The number of likely N-dealkylation sites (tertiary alicyclic amines) is 1. The molecule has 0 N–H and O–H groups in total. The monoisotopic (exact) mass is 395 g/mol. The van der Waals surface area contributed by atoms with Crippen LogP contribution in [0.4, 0.5) is 5.69 Å². The molecule has 0 bridgehead atoms. The van der Waals surface area contributed by atoms with Crippen molar-refractivity contribution in [3.05, 3.63) is 41.5 Å². The van der Waals surface area contributed by atoms with E-state index in [1.165, 1.54) is 21.7 Å². The van der Waals surface area contributed by atoms with Gasteiger partial charge in [0.2, 0.25) is 17.7 Å². The van der Waals surface area contributed by atoms with Crippen molar-refractivity contribution in [2.45, 2.75) is 33.1 Å². The molecule has 0 radical (unpaired) electrons. The predicted octanol–water partition coefficient (Wildman–Crippen LogP) is 2.29. The van der Waals surface area contributed by atoms with Gasteiger partial charge in [-0.15, -0.1) is 0 Å². The second-order valence-electron chi connectivity index (χ2n) is 8.32. The standard InChI is InChI=1S/C23H29N3O3/c1-16-6-5-9-20(17(16)2)24-12-14-25(15-13-24)21(27)10-11-26-22(28)18-7-3-4-8-19(18)23(26)29/h3-6,9,18-19H,7-8,10-15H2,1-2H3/t18-,19-/m1/s1. The van der Waals surface area contributed by atoms with Crippen molar-refractivity contribution in [1.29, 1.82) is 0 Å². The first-order chi connectivity index (χ1) is 14.0. The largest absolute Gasteiger partial charge is 0.368 e. The Morgan fingerprint density at radius 2 is 1.59 bits per heavy atom. The van der Waals surface area contributed by atoms with E-state index in [4.69, 9.17) is 0 Å². The maximum Gasteiger partial charge on any atom is 0.233 e. The number of nitrogens with zero attached hydrogens (tertiary/aromatic N) is 3. The highest BCUT2D eigenvalue weighted by Crippen LogP contribution is 2.35. The van der Waals surface area contributed by atoms with Gasteiger partial charge in [0.25, 0.3) is 0 Å². The van der Waals surface area contributed by atoms with E-state index in [0.29, 0.717) is 25.9 Å². The molecule has 0 aromatic heterocycles. The summed E-state index contributed by atoms with van der Waals surface area (Å²) >= 11 is 0. The topological polar surface area (TPSA) is 60.9 Å². The Kier molecular flexibility index (Phi) is 5.43. The zero-order valence-electron chi connectivity index (χ0n) is 17.3. The Morgan fingerprint density at radius 3 is 2.21 bits per heavy atom. The number of allylic oxidation sites excluding steroid dienone is 2. The van der Waals surface area contributed by atoms with Crippen LogP contribution < -0.4 is 4.90 Å². The minimum atomic E-state index is -0.219. The van der Waals surface area contributed by atoms with Crippen LogP contribution in [-0.2, 0) is 14.4 Å². The Balaban J connectivity index is 1.30. The van der Waals surface area contributed by atoms with Gasteiger partial charge in [-0.3, -0.25) is 19.3 Å². The molecule has 1 aromatic rings. The van der Waals surface area contributed by atoms with Gasteiger partial charge in [0.1, 0.15) is 0 Å². The summed E-state index contributed by atoms with van der Waals surface area (Å²) in [5.41, 5.74) is 3.80. The lowest BCUT2D eigenvalue weighted by atomic mass is 9.85. The fraction of sp³-hybridized carbons (Fsp3) is 0.522. The van der Waals surface area contributed by atoms with Crippen LogP contribution in [0.15, 0.2) is 30.4 Å². The molecule has 4 rings (SSSR count). The maximum absolute atomic E-state index is 12.7. The summed E-state index contributed by atoms with van der Waals surface area (Å²) in [6.07, 6.45) is 5.46. The van der Waals surface area contributed by atoms with E-state index in [1.807, 2.05) is 17.1 Å². The molecule has 2 saturated heterocycles. The number of hydrogen-bond donors (Lipinski definition) is 0. The van der Waals surface area contributed by atoms with Crippen molar-refractivity contribution in [1.82, 2.24) is 9.80 Å². The average Bonchev–Trinajstić information content (AvgIpc) is 2.99. The number of amides is 3. The third-order valence-corrected chi connectivity index (χ3v) is 6.70. The zero-order valence-corrected chi connectivity index (χ0v) is 17.3. The average molecular weight is 396 g/mol. The normalized spacial score (nSPS) is 24.3. The van der Waals surface area contributed by atoms with Crippen LogP contribution in [-0.4, -0.2) is 60.2 Å². The number of benzene rings is 1. The SMILES string of the molecule is Cc1cccc(N2CCN(C(=O)CCN3C(=O)[C@@H]4CC=CC[C@H]4C3=O)CC2)c1C. The molecule has 3 amide bonds. The number of imide groups is 1. The minimum Gasteiger partial charge on any atom is -0.368 e. The third kappa shape index (κ3) is 3.68. The van der Waals surface area contributed by atoms with Crippen LogP contribution in [0.1, 0.15) is 30.4 Å². The summed E-state index contributed by atoms with van der Waals surface area (Å²) in [6, 6.07) is 6.33. The summed E-state index contributed by atoms with van der Waals surface area (Å²) in [5, 5.41) is 0. The molecule has 2 aliphatic heterocycles. The molecule has 1 aliphatic carbocycles. The molecular weight excluding hydrogens is 366 g/mol. The highest BCUT2D eigenvalue weighted by Gasteiger charge is 2.47. The van der Waals surface area contributed by atoms with Crippen LogP contribution >= 0.6 is 0 Å².